The fourth-order valence-electron chi connectivity index (χ4n) is 3.00. The summed E-state index contributed by atoms with van der Waals surface area (Å²) in [5.41, 5.74) is 2.64. The average molecular weight is 368 g/mol. The molecule has 0 spiro atoms. The molecule has 3 heteroatoms. The fraction of sp³-hybridized carbons (Fsp3) is 0.909. The van der Waals surface area contributed by atoms with Crippen LogP contribution in [0.2, 0.25) is 0 Å². The Morgan fingerprint density at radius 1 is 0.560 bits per heavy atom. The molecule has 0 N–H and O–H groups in total. The van der Waals surface area contributed by atoms with Crippen LogP contribution in [0.25, 0.3) is 0 Å². The second kappa shape index (κ2) is 18.7. The van der Waals surface area contributed by atoms with E-state index in [1.54, 1.807) is 0 Å². The fourth-order valence-corrected chi connectivity index (χ4v) is 5.75. The smallest absolute Gasteiger partial charge is 0.258 e. The molecular weight excluding hydrogens is 320 g/mol. The second-order valence-electron chi connectivity index (χ2n) is 7.29. The lowest BCUT2D eigenvalue weighted by molar-refractivity contribution is 0.332. The molecule has 0 bridgehead atoms. The molecule has 0 aromatic carbocycles. The summed E-state index contributed by atoms with van der Waals surface area (Å²) in [6.07, 6.45) is 17.0. The quantitative estimate of drug-likeness (QED) is 0.200. The summed E-state index contributed by atoms with van der Waals surface area (Å²) >= 11 is 0. The monoisotopic (exact) mass is 367 g/mol. The van der Waals surface area contributed by atoms with E-state index in [0.717, 1.165) is 0 Å². The largest absolute Gasteiger partial charge is 0.308 e. The highest BCUT2D eigenvalue weighted by molar-refractivity contribution is 6.58. The lowest BCUT2D eigenvalue weighted by atomic mass is 10.2. The Labute approximate surface area is 161 Å². The summed E-state index contributed by atoms with van der Waals surface area (Å²) in [7, 11) is -0.706. The van der Waals surface area contributed by atoms with Crippen molar-refractivity contribution < 1.29 is 0 Å². The van der Waals surface area contributed by atoms with E-state index in [9.17, 15) is 0 Å². The zero-order valence-electron chi connectivity index (χ0n) is 18.2. The maximum Gasteiger partial charge on any atom is 0.258 e. The van der Waals surface area contributed by atoms with Crippen molar-refractivity contribution in [3.05, 3.63) is 11.8 Å². The molecule has 0 fully saturated rings. The van der Waals surface area contributed by atoms with Gasteiger partial charge in [0.2, 0.25) is 0 Å². The molecule has 0 saturated heterocycles. The van der Waals surface area contributed by atoms with E-state index in [4.69, 9.17) is 0 Å². The predicted octanol–water partition coefficient (Wildman–Crippen LogP) is 6.56. The van der Waals surface area contributed by atoms with Crippen LogP contribution in [-0.4, -0.2) is 44.4 Å². The molecule has 0 amide bonds. The van der Waals surface area contributed by atoms with Gasteiger partial charge in [0.15, 0.2) is 0 Å². The van der Waals surface area contributed by atoms with Gasteiger partial charge in [-0.2, -0.15) is 0 Å². The third-order valence-electron chi connectivity index (χ3n) is 4.77. The zero-order chi connectivity index (χ0) is 18.8. The number of allylic oxidation sites excluding steroid dienone is 1. The number of hydrogen-bond acceptors (Lipinski definition) is 2. The van der Waals surface area contributed by atoms with Gasteiger partial charge in [0, 0.05) is 0 Å². The van der Waals surface area contributed by atoms with Crippen LogP contribution in [0.5, 0.6) is 0 Å². The molecule has 0 aliphatic carbocycles. The van der Waals surface area contributed by atoms with Gasteiger partial charge in [-0.05, 0) is 58.3 Å². The molecule has 2 nitrogen and oxygen atoms in total. The van der Waals surface area contributed by atoms with Crippen LogP contribution in [0.4, 0.5) is 0 Å². The maximum absolute atomic E-state index is 2.87. The van der Waals surface area contributed by atoms with E-state index in [2.05, 4.69) is 55.5 Å². The van der Waals surface area contributed by atoms with Crippen molar-refractivity contribution in [2.75, 3.05) is 26.2 Å². The number of unbranched alkanes of at least 4 members (excludes halogenated alkanes) is 6. The van der Waals surface area contributed by atoms with Crippen molar-refractivity contribution in [2.24, 2.45) is 0 Å². The number of nitrogens with zero attached hydrogens (tertiary/aromatic N) is 2. The zero-order valence-corrected chi connectivity index (χ0v) is 19.2. The van der Waals surface area contributed by atoms with Crippen LogP contribution in [0, 0.1) is 0 Å². The third kappa shape index (κ3) is 12.8. The minimum Gasteiger partial charge on any atom is -0.308 e. The minimum atomic E-state index is -0.706. The first kappa shape index (κ1) is 24.9. The molecular formula is C22H47N2Si. The lowest BCUT2D eigenvalue weighted by Crippen LogP contribution is -2.53. The van der Waals surface area contributed by atoms with E-state index in [-0.39, 0.29) is 0 Å². The molecule has 25 heavy (non-hydrogen) atoms. The SMILES string of the molecule is CCCCC=C[Si](N(CCCC)CCCC)N(CCCC)CCCC. The summed E-state index contributed by atoms with van der Waals surface area (Å²) in [6, 6.07) is 0. The third-order valence-corrected chi connectivity index (χ3v) is 7.49. The van der Waals surface area contributed by atoms with Gasteiger partial charge >= 0.3 is 0 Å². The van der Waals surface area contributed by atoms with Crippen molar-refractivity contribution in [2.45, 2.75) is 105 Å². The van der Waals surface area contributed by atoms with Gasteiger partial charge in [0.25, 0.3) is 9.12 Å². The van der Waals surface area contributed by atoms with Gasteiger partial charge in [-0.1, -0.05) is 84.9 Å². The van der Waals surface area contributed by atoms with Gasteiger partial charge in [0.1, 0.15) is 0 Å². The molecule has 1 radical (unpaired) electrons. The first-order valence-electron chi connectivity index (χ1n) is 11.3. The molecule has 0 heterocycles. The Hall–Kier alpha value is -0.123. The molecule has 0 rings (SSSR count). The Balaban J connectivity index is 5.18. The summed E-state index contributed by atoms with van der Waals surface area (Å²) in [5.74, 6) is 0. The summed E-state index contributed by atoms with van der Waals surface area (Å²) < 4.78 is 5.73. The summed E-state index contributed by atoms with van der Waals surface area (Å²) in [4.78, 5) is 0. The highest BCUT2D eigenvalue weighted by atomic mass is 28.3. The van der Waals surface area contributed by atoms with Crippen molar-refractivity contribution >= 4 is 9.12 Å². The van der Waals surface area contributed by atoms with E-state index in [1.807, 2.05) is 0 Å². The number of hydrogen-bond donors (Lipinski definition) is 0. The van der Waals surface area contributed by atoms with Gasteiger partial charge < -0.3 is 9.13 Å². The van der Waals surface area contributed by atoms with Crippen LogP contribution in [0.3, 0.4) is 0 Å². The molecule has 0 aromatic heterocycles. The Bertz CT molecular complexity index is 258. The summed E-state index contributed by atoms with van der Waals surface area (Å²) in [5, 5.41) is 0. The van der Waals surface area contributed by atoms with Crippen LogP contribution in [-0.2, 0) is 0 Å². The topological polar surface area (TPSA) is 6.48 Å². The highest BCUT2D eigenvalue weighted by Crippen LogP contribution is 2.12. The molecule has 0 aromatic rings. The Morgan fingerprint density at radius 2 is 0.920 bits per heavy atom. The summed E-state index contributed by atoms with van der Waals surface area (Å²) in [6.45, 7) is 16.8. The van der Waals surface area contributed by atoms with E-state index < -0.39 is 9.12 Å². The van der Waals surface area contributed by atoms with Crippen molar-refractivity contribution in [3.8, 4) is 0 Å². The number of rotatable bonds is 18. The van der Waals surface area contributed by atoms with Crippen LogP contribution in [0.1, 0.15) is 105 Å². The molecule has 0 aliphatic heterocycles. The first-order chi connectivity index (χ1) is 12.2. The van der Waals surface area contributed by atoms with Gasteiger partial charge in [-0.15, -0.1) is 0 Å². The van der Waals surface area contributed by atoms with E-state index >= 15 is 0 Å². The lowest BCUT2D eigenvalue weighted by Gasteiger charge is -2.36. The standard InChI is InChI=1S/C22H47N2Si/c1-6-11-16-17-22-25(23(18-12-7-2)19-13-8-3)24(20-14-9-4)21-15-10-5/h17,22H,6-16,18-21H2,1-5H3. The van der Waals surface area contributed by atoms with Crippen molar-refractivity contribution in [1.82, 2.24) is 9.13 Å². The average Bonchev–Trinajstić information content (AvgIpc) is 2.63. The van der Waals surface area contributed by atoms with E-state index in [1.165, 1.54) is 96.8 Å². The Morgan fingerprint density at radius 3 is 1.24 bits per heavy atom. The molecule has 0 atom stereocenters. The maximum atomic E-state index is 2.87. The molecule has 149 valence electrons. The van der Waals surface area contributed by atoms with Crippen LogP contribution in [0.15, 0.2) is 11.8 Å². The highest BCUT2D eigenvalue weighted by Gasteiger charge is 2.25. The molecule has 0 unspecified atom stereocenters. The van der Waals surface area contributed by atoms with Gasteiger partial charge in [-0.25, -0.2) is 0 Å². The minimum absolute atomic E-state index is 0.706. The Kier molecular flexibility index (Phi) is 18.6. The predicted molar refractivity (Wildman–Crippen MR) is 117 cm³/mol. The van der Waals surface area contributed by atoms with Crippen LogP contribution >= 0.6 is 0 Å². The second-order valence-corrected chi connectivity index (χ2v) is 9.61. The van der Waals surface area contributed by atoms with Crippen molar-refractivity contribution in [3.63, 3.8) is 0 Å². The van der Waals surface area contributed by atoms with Crippen LogP contribution < -0.4 is 0 Å². The molecule has 0 aliphatic rings. The normalized spacial score (nSPS) is 12.3. The van der Waals surface area contributed by atoms with Gasteiger partial charge in [-0.3, -0.25) is 0 Å². The van der Waals surface area contributed by atoms with E-state index in [0.29, 0.717) is 0 Å². The molecule has 0 saturated carbocycles. The first-order valence-corrected chi connectivity index (χ1v) is 12.7. The van der Waals surface area contributed by atoms with Gasteiger partial charge in [0.05, 0.1) is 0 Å². The van der Waals surface area contributed by atoms with Crippen molar-refractivity contribution in [1.29, 1.82) is 0 Å².